The molecule has 0 aliphatic heterocycles. The van der Waals surface area contributed by atoms with Crippen LogP contribution >= 0.6 is 34.8 Å². The predicted molar refractivity (Wildman–Crippen MR) is 87.2 cm³/mol. The number of aryl methyl sites for hydroxylation is 1. The summed E-state index contributed by atoms with van der Waals surface area (Å²) in [6, 6.07) is 6.75. The Hall–Kier alpha value is -1.62. The first-order chi connectivity index (χ1) is 9.90. The Kier molecular flexibility index (Phi) is 4.83. The molecule has 2 aromatic carbocycles. The lowest BCUT2D eigenvalue weighted by Crippen LogP contribution is -1.92. The van der Waals surface area contributed by atoms with Crippen molar-refractivity contribution in [2.24, 2.45) is 5.10 Å². The molecule has 3 N–H and O–H groups in total. The second kappa shape index (κ2) is 6.43. The highest BCUT2D eigenvalue weighted by molar-refractivity contribution is 6.38. The number of phenols is 2. The van der Waals surface area contributed by atoms with E-state index in [1.54, 1.807) is 6.07 Å². The van der Waals surface area contributed by atoms with Crippen molar-refractivity contribution in [1.82, 2.24) is 0 Å². The average molecular weight is 346 g/mol. The summed E-state index contributed by atoms with van der Waals surface area (Å²) in [6.07, 6.45) is 1.33. The van der Waals surface area contributed by atoms with Gasteiger partial charge in [-0.1, -0.05) is 40.9 Å². The quantitative estimate of drug-likeness (QED) is 0.552. The number of benzene rings is 2. The Morgan fingerprint density at radius 2 is 1.76 bits per heavy atom. The van der Waals surface area contributed by atoms with E-state index in [0.717, 1.165) is 5.56 Å². The number of phenolic OH excluding ortho intramolecular Hbond substituents is 2. The molecule has 0 heterocycles. The van der Waals surface area contributed by atoms with Crippen molar-refractivity contribution in [1.29, 1.82) is 0 Å². The maximum Gasteiger partial charge on any atom is 0.156 e. The minimum atomic E-state index is -0.369. The third-order valence-electron chi connectivity index (χ3n) is 2.77. The summed E-state index contributed by atoms with van der Waals surface area (Å²) in [5, 5.41) is 23.7. The van der Waals surface area contributed by atoms with E-state index in [0.29, 0.717) is 10.7 Å². The van der Waals surface area contributed by atoms with Crippen molar-refractivity contribution in [2.75, 3.05) is 5.43 Å². The van der Waals surface area contributed by atoms with Crippen LogP contribution in [0, 0.1) is 6.92 Å². The number of anilines is 1. The summed E-state index contributed by atoms with van der Waals surface area (Å²) < 4.78 is 0. The van der Waals surface area contributed by atoms with Gasteiger partial charge in [0.05, 0.1) is 16.9 Å². The van der Waals surface area contributed by atoms with Crippen LogP contribution in [0.4, 0.5) is 5.69 Å². The fourth-order valence-corrected chi connectivity index (χ4v) is 2.21. The lowest BCUT2D eigenvalue weighted by atomic mass is 10.2. The topological polar surface area (TPSA) is 64.9 Å². The monoisotopic (exact) mass is 344 g/mol. The molecule has 0 unspecified atom stereocenters. The van der Waals surface area contributed by atoms with Crippen LogP contribution in [0.25, 0.3) is 0 Å². The molecule has 2 rings (SSSR count). The van der Waals surface area contributed by atoms with Crippen molar-refractivity contribution in [3.63, 3.8) is 0 Å². The number of rotatable bonds is 3. The van der Waals surface area contributed by atoms with Gasteiger partial charge in [-0.05, 0) is 30.7 Å². The number of aromatic hydroxyl groups is 2. The first-order valence-corrected chi connectivity index (χ1v) is 6.98. The van der Waals surface area contributed by atoms with Crippen molar-refractivity contribution in [2.45, 2.75) is 6.92 Å². The Morgan fingerprint density at radius 1 is 1.05 bits per heavy atom. The molecule has 0 saturated carbocycles. The van der Waals surface area contributed by atoms with Crippen LogP contribution in [-0.2, 0) is 0 Å². The molecule has 7 heteroatoms. The molecule has 0 amide bonds. The fraction of sp³-hybridized carbons (Fsp3) is 0.0714. The molecule has 0 fully saturated rings. The Morgan fingerprint density at radius 3 is 2.43 bits per heavy atom. The van der Waals surface area contributed by atoms with Crippen molar-refractivity contribution in [3.05, 3.63) is 50.5 Å². The Bertz CT molecular complexity index is 718. The van der Waals surface area contributed by atoms with E-state index in [-0.39, 0.29) is 27.1 Å². The lowest BCUT2D eigenvalue weighted by molar-refractivity contribution is 0.450. The second-order valence-electron chi connectivity index (χ2n) is 4.29. The van der Waals surface area contributed by atoms with E-state index in [9.17, 15) is 10.2 Å². The van der Waals surface area contributed by atoms with Crippen molar-refractivity contribution < 1.29 is 10.2 Å². The third-order valence-corrected chi connectivity index (χ3v) is 3.82. The lowest BCUT2D eigenvalue weighted by Gasteiger charge is -2.06. The van der Waals surface area contributed by atoms with Gasteiger partial charge >= 0.3 is 0 Å². The molecule has 0 aliphatic rings. The van der Waals surface area contributed by atoms with E-state index in [1.807, 2.05) is 19.1 Å². The van der Waals surface area contributed by atoms with Gasteiger partial charge in [-0.2, -0.15) is 5.10 Å². The summed E-state index contributed by atoms with van der Waals surface area (Å²) in [4.78, 5) is 0. The van der Waals surface area contributed by atoms with Gasteiger partial charge in [-0.15, -0.1) is 0 Å². The Balaban J connectivity index is 2.20. The minimum absolute atomic E-state index is 0.0256. The van der Waals surface area contributed by atoms with E-state index in [4.69, 9.17) is 34.8 Å². The smallest absolute Gasteiger partial charge is 0.156 e. The molecule has 2 aromatic rings. The van der Waals surface area contributed by atoms with Gasteiger partial charge in [-0.25, -0.2) is 0 Å². The molecule has 0 aromatic heterocycles. The zero-order chi connectivity index (χ0) is 15.6. The van der Waals surface area contributed by atoms with Gasteiger partial charge in [0.1, 0.15) is 10.8 Å². The highest BCUT2D eigenvalue weighted by Gasteiger charge is 2.13. The number of hydrazone groups is 1. The van der Waals surface area contributed by atoms with Crippen LogP contribution in [0.5, 0.6) is 11.5 Å². The molecule has 0 spiro atoms. The highest BCUT2D eigenvalue weighted by Crippen LogP contribution is 2.40. The summed E-state index contributed by atoms with van der Waals surface area (Å²) in [6.45, 7) is 1.90. The first-order valence-electron chi connectivity index (χ1n) is 5.85. The summed E-state index contributed by atoms with van der Waals surface area (Å²) >= 11 is 17.5. The molecule has 0 atom stereocenters. The van der Waals surface area contributed by atoms with Crippen LogP contribution in [-0.4, -0.2) is 16.4 Å². The largest absolute Gasteiger partial charge is 0.506 e. The van der Waals surface area contributed by atoms with Gasteiger partial charge in [0.2, 0.25) is 0 Å². The molecule has 21 heavy (non-hydrogen) atoms. The molecular formula is C14H11Cl3N2O2. The number of hydrogen-bond donors (Lipinski definition) is 3. The highest BCUT2D eigenvalue weighted by atomic mass is 35.5. The van der Waals surface area contributed by atoms with Gasteiger partial charge in [0.15, 0.2) is 5.75 Å². The third kappa shape index (κ3) is 3.53. The second-order valence-corrected chi connectivity index (χ2v) is 5.49. The van der Waals surface area contributed by atoms with Crippen LogP contribution in [0.15, 0.2) is 29.4 Å². The standard InChI is InChI=1S/C14H11Cl3N2O2/c1-7-2-3-9(5-10(7)15)19-18-6-8-4-11(16)14(21)12(17)13(8)20/h2-6,19-21H,1H3/b18-6+. The van der Waals surface area contributed by atoms with Gasteiger partial charge in [0.25, 0.3) is 0 Å². The predicted octanol–water partition coefficient (Wildman–Crippen LogP) is 4.81. The van der Waals surface area contributed by atoms with Crippen molar-refractivity contribution in [3.8, 4) is 11.5 Å². The van der Waals surface area contributed by atoms with Gasteiger partial charge < -0.3 is 10.2 Å². The maximum absolute atomic E-state index is 9.79. The van der Waals surface area contributed by atoms with Crippen LogP contribution in [0.3, 0.4) is 0 Å². The van der Waals surface area contributed by atoms with E-state index >= 15 is 0 Å². The first kappa shape index (κ1) is 15.8. The average Bonchev–Trinajstić information content (AvgIpc) is 2.46. The molecular weight excluding hydrogens is 335 g/mol. The number of halogens is 3. The SMILES string of the molecule is Cc1ccc(N/N=C/c2cc(Cl)c(O)c(Cl)c2O)cc1Cl. The summed E-state index contributed by atoms with van der Waals surface area (Å²) in [5.74, 6) is -0.669. The molecule has 0 radical (unpaired) electrons. The molecule has 0 saturated heterocycles. The zero-order valence-corrected chi connectivity index (χ0v) is 13.1. The summed E-state index contributed by atoms with van der Waals surface area (Å²) in [7, 11) is 0. The molecule has 110 valence electrons. The van der Waals surface area contributed by atoms with Crippen LogP contribution in [0.2, 0.25) is 15.1 Å². The van der Waals surface area contributed by atoms with Crippen LogP contribution < -0.4 is 5.43 Å². The fourth-order valence-electron chi connectivity index (χ4n) is 1.55. The minimum Gasteiger partial charge on any atom is -0.506 e. The zero-order valence-electron chi connectivity index (χ0n) is 10.9. The van der Waals surface area contributed by atoms with E-state index in [2.05, 4.69) is 10.5 Å². The van der Waals surface area contributed by atoms with E-state index in [1.165, 1.54) is 12.3 Å². The number of nitrogens with one attached hydrogen (secondary N) is 1. The summed E-state index contributed by atoms with van der Waals surface area (Å²) in [5.41, 5.74) is 4.69. The Labute approximate surface area is 136 Å². The van der Waals surface area contributed by atoms with Crippen molar-refractivity contribution >= 4 is 46.7 Å². The van der Waals surface area contributed by atoms with Crippen LogP contribution in [0.1, 0.15) is 11.1 Å². The molecule has 0 bridgehead atoms. The van der Waals surface area contributed by atoms with Gasteiger partial charge in [-0.3, -0.25) is 5.43 Å². The molecule has 0 aliphatic carbocycles. The van der Waals surface area contributed by atoms with Gasteiger partial charge in [0, 0.05) is 10.6 Å². The van der Waals surface area contributed by atoms with E-state index < -0.39 is 0 Å². The number of nitrogens with zero attached hydrogens (tertiary/aromatic N) is 1. The number of hydrogen-bond acceptors (Lipinski definition) is 4. The molecule has 4 nitrogen and oxygen atoms in total. The normalized spacial score (nSPS) is 11.0. The maximum atomic E-state index is 9.79.